The van der Waals surface area contributed by atoms with E-state index in [1.165, 1.54) is 19.3 Å². The molecule has 1 N–H and O–H groups in total. The molecule has 0 rings (SSSR count). The van der Waals surface area contributed by atoms with Crippen molar-refractivity contribution in [2.75, 3.05) is 0 Å². The lowest BCUT2D eigenvalue weighted by molar-refractivity contribution is 0.237. The van der Waals surface area contributed by atoms with Gasteiger partial charge in [0.25, 0.3) is 0 Å². The van der Waals surface area contributed by atoms with Gasteiger partial charge in [0.05, 0.1) is 6.10 Å². The molecule has 0 bridgehead atoms. The predicted octanol–water partition coefficient (Wildman–Crippen LogP) is 3.13. The van der Waals surface area contributed by atoms with Crippen molar-refractivity contribution in [3.8, 4) is 0 Å². The number of unbranched alkanes of at least 4 members (excludes halogenated alkanes) is 2. The Morgan fingerprint density at radius 1 is 1.40 bits per heavy atom. The van der Waals surface area contributed by atoms with Gasteiger partial charge in [0, 0.05) is 0 Å². The molecule has 1 unspecified atom stereocenters. The molecule has 0 aliphatic heterocycles. The molecular formula is C9H19O. The van der Waals surface area contributed by atoms with Crippen LogP contribution in [0.1, 0.15) is 46.5 Å². The standard InChI is InChI=1S/C9H19O/c1-4-5-6-7-8(2)9(3)10/h8,10H,4-7H2,1-3H3. The Balaban J connectivity index is 3.13. The van der Waals surface area contributed by atoms with E-state index in [1.807, 2.05) is 0 Å². The molecule has 61 valence electrons. The van der Waals surface area contributed by atoms with Crippen molar-refractivity contribution < 1.29 is 5.11 Å². The van der Waals surface area contributed by atoms with Gasteiger partial charge in [-0.15, -0.1) is 0 Å². The highest BCUT2D eigenvalue weighted by molar-refractivity contribution is 4.75. The second-order valence-corrected chi connectivity index (χ2v) is 3.04. The Bertz CT molecular complexity index is 69.1. The summed E-state index contributed by atoms with van der Waals surface area (Å²) in [6.45, 7) is 6.06. The SMILES string of the molecule is CCCCCC(C)[C](C)O. The minimum Gasteiger partial charge on any atom is -0.387 e. The summed E-state index contributed by atoms with van der Waals surface area (Å²) in [6, 6.07) is 0. The van der Waals surface area contributed by atoms with E-state index in [0.29, 0.717) is 12.0 Å². The highest BCUT2D eigenvalue weighted by atomic mass is 16.3. The number of rotatable bonds is 5. The van der Waals surface area contributed by atoms with E-state index in [1.54, 1.807) is 6.92 Å². The molecule has 0 aromatic heterocycles. The second-order valence-electron chi connectivity index (χ2n) is 3.04. The minimum atomic E-state index is 0.395. The highest BCUT2D eigenvalue weighted by Crippen LogP contribution is 2.16. The molecule has 0 spiro atoms. The van der Waals surface area contributed by atoms with E-state index in [9.17, 15) is 0 Å². The predicted molar refractivity (Wildman–Crippen MR) is 44.2 cm³/mol. The fourth-order valence-corrected chi connectivity index (χ4v) is 0.909. The zero-order valence-corrected chi connectivity index (χ0v) is 7.35. The summed E-state index contributed by atoms with van der Waals surface area (Å²) in [5.74, 6) is 0.395. The Hall–Kier alpha value is -0.0400. The Morgan fingerprint density at radius 3 is 2.40 bits per heavy atom. The van der Waals surface area contributed by atoms with Crippen LogP contribution in [0.15, 0.2) is 0 Å². The monoisotopic (exact) mass is 143 g/mol. The van der Waals surface area contributed by atoms with Gasteiger partial charge in [-0.05, 0) is 19.3 Å². The second kappa shape index (κ2) is 5.72. The number of aliphatic hydroxyl groups excluding tert-OH is 1. The van der Waals surface area contributed by atoms with Gasteiger partial charge < -0.3 is 5.11 Å². The van der Waals surface area contributed by atoms with Crippen LogP contribution < -0.4 is 0 Å². The molecule has 0 aromatic carbocycles. The van der Waals surface area contributed by atoms with Gasteiger partial charge in [-0.2, -0.15) is 0 Å². The summed E-state index contributed by atoms with van der Waals surface area (Å²) in [7, 11) is 0. The average molecular weight is 143 g/mol. The summed E-state index contributed by atoms with van der Waals surface area (Å²) in [4.78, 5) is 0. The highest BCUT2D eigenvalue weighted by Gasteiger charge is 2.07. The van der Waals surface area contributed by atoms with Crippen LogP contribution in [0.5, 0.6) is 0 Å². The van der Waals surface area contributed by atoms with Crippen molar-refractivity contribution in [1.29, 1.82) is 0 Å². The van der Waals surface area contributed by atoms with Gasteiger partial charge in [0.15, 0.2) is 0 Å². The summed E-state index contributed by atoms with van der Waals surface area (Å²) >= 11 is 0. The van der Waals surface area contributed by atoms with Gasteiger partial charge >= 0.3 is 0 Å². The molecule has 0 aliphatic rings. The van der Waals surface area contributed by atoms with E-state index in [4.69, 9.17) is 5.11 Å². The van der Waals surface area contributed by atoms with Crippen LogP contribution >= 0.6 is 0 Å². The molecule has 0 aliphatic carbocycles. The minimum absolute atomic E-state index is 0.395. The fraction of sp³-hybridized carbons (Fsp3) is 0.889. The Morgan fingerprint density at radius 2 is 2.00 bits per heavy atom. The Labute approximate surface area is 64.5 Å². The number of hydrogen-bond acceptors (Lipinski definition) is 1. The first kappa shape index (κ1) is 9.96. The van der Waals surface area contributed by atoms with Crippen molar-refractivity contribution in [1.82, 2.24) is 0 Å². The molecule has 1 heteroatoms. The number of hydrogen-bond donors (Lipinski definition) is 1. The maximum absolute atomic E-state index is 9.04. The van der Waals surface area contributed by atoms with Crippen LogP contribution in [-0.2, 0) is 0 Å². The van der Waals surface area contributed by atoms with Crippen LogP contribution in [0.3, 0.4) is 0 Å². The first-order chi connectivity index (χ1) is 4.68. The summed E-state index contributed by atoms with van der Waals surface area (Å²) in [5.41, 5.74) is 0. The van der Waals surface area contributed by atoms with Crippen LogP contribution in [0.25, 0.3) is 0 Å². The van der Waals surface area contributed by atoms with E-state index >= 15 is 0 Å². The van der Waals surface area contributed by atoms with E-state index < -0.39 is 0 Å². The van der Waals surface area contributed by atoms with Crippen LogP contribution in [0.2, 0.25) is 0 Å². The maximum atomic E-state index is 9.04. The molecule has 0 saturated heterocycles. The first-order valence-corrected chi connectivity index (χ1v) is 4.20. The first-order valence-electron chi connectivity index (χ1n) is 4.20. The van der Waals surface area contributed by atoms with Gasteiger partial charge in [-0.3, -0.25) is 0 Å². The summed E-state index contributed by atoms with van der Waals surface area (Å²) in [6.07, 6.45) is 5.51. The quantitative estimate of drug-likeness (QED) is 0.586. The lowest BCUT2D eigenvalue weighted by atomic mass is 9.99. The van der Waals surface area contributed by atoms with Gasteiger partial charge in [0.1, 0.15) is 0 Å². The normalized spacial score (nSPS) is 14.1. The molecule has 1 radical (unpaired) electrons. The van der Waals surface area contributed by atoms with E-state index in [-0.39, 0.29) is 0 Å². The lowest BCUT2D eigenvalue weighted by Gasteiger charge is -2.12. The third-order valence-electron chi connectivity index (χ3n) is 1.95. The van der Waals surface area contributed by atoms with Crippen molar-refractivity contribution in [2.45, 2.75) is 46.5 Å². The zero-order valence-electron chi connectivity index (χ0n) is 7.35. The average Bonchev–Trinajstić information content (AvgIpc) is 1.88. The molecular weight excluding hydrogens is 124 g/mol. The van der Waals surface area contributed by atoms with Gasteiger partial charge in [0.2, 0.25) is 0 Å². The third kappa shape index (κ3) is 4.80. The molecule has 1 nitrogen and oxygen atoms in total. The summed E-state index contributed by atoms with van der Waals surface area (Å²) < 4.78 is 0. The van der Waals surface area contributed by atoms with Crippen LogP contribution in [-0.4, -0.2) is 5.11 Å². The van der Waals surface area contributed by atoms with Gasteiger partial charge in [-0.1, -0.05) is 33.1 Å². The smallest absolute Gasteiger partial charge is 0.0930 e. The molecule has 0 fully saturated rings. The van der Waals surface area contributed by atoms with Crippen molar-refractivity contribution in [2.24, 2.45) is 5.92 Å². The molecule has 0 aromatic rings. The Kier molecular flexibility index (Phi) is 5.70. The van der Waals surface area contributed by atoms with E-state index in [2.05, 4.69) is 13.8 Å². The van der Waals surface area contributed by atoms with Crippen molar-refractivity contribution in [3.05, 3.63) is 6.10 Å². The molecule has 0 saturated carbocycles. The number of aliphatic hydroxyl groups is 1. The largest absolute Gasteiger partial charge is 0.387 e. The van der Waals surface area contributed by atoms with Crippen molar-refractivity contribution >= 4 is 0 Å². The van der Waals surface area contributed by atoms with Crippen molar-refractivity contribution in [3.63, 3.8) is 0 Å². The lowest BCUT2D eigenvalue weighted by Crippen LogP contribution is -2.03. The molecule has 10 heavy (non-hydrogen) atoms. The molecule has 1 atom stereocenters. The third-order valence-corrected chi connectivity index (χ3v) is 1.95. The van der Waals surface area contributed by atoms with E-state index in [0.717, 1.165) is 6.42 Å². The van der Waals surface area contributed by atoms with Crippen LogP contribution in [0.4, 0.5) is 0 Å². The zero-order chi connectivity index (χ0) is 7.98. The van der Waals surface area contributed by atoms with Gasteiger partial charge in [-0.25, -0.2) is 0 Å². The summed E-state index contributed by atoms with van der Waals surface area (Å²) in [5, 5.41) is 9.04. The molecule has 0 heterocycles. The fourth-order valence-electron chi connectivity index (χ4n) is 0.909. The van der Waals surface area contributed by atoms with Crippen LogP contribution in [0, 0.1) is 12.0 Å². The topological polar surface area (TPSA) is 20.2 Å². The molecule has 0 amide bonds. The maximum Gasteiger partial charge on any atom is 0.0930 e.